The van der Waals surface area contributed by atoms with Crippen LogP contribution >= 0.6 is 39.5 Å². The zero-order valence-corrected chi connectivity index (χ0v) is 12.4. The molecule has 16 heavy (non-hydrogen) atoms. The number of halogens is 1. The Balaban J connectivity index is 2.01. The zero-order valence-electron chi connectivity index (χ0n) is 9.19. The predicted octanol–water partition coefficient (Wildman–Crippen LogP) is 4.43. The summed E-state index contributed by atoms with van der Waals surface area (Å²) in [4.78, 5) is 2.47. The van der Waals surface area contributed by atoms with Crippen LogP contribution in [0.3, 0.4) is 0 Å². The third kappa shape index (κ3) is 3.90. The van der Waals surface area contributed by atoms with Gasteiger partial charge in [-0.1, -0.05) is 15.9 Å². The molecular weight excluding hydrogens is 302 g/mol. The van der Waals surface area contributed by atoms with E-state index >= 15 is 0 Å². The maximum atomic E-state index is 3.48. The van der Waals surface area contributed by atoms with Crippen LogP contribution in [0.4, 0.5) is 5.69 Å². The predicted molar refractivity (Wildman–Crippen MR) is 80.5 cm³/mol. The van der Waals surface area contributed by atoms with Gasteiger partial charge in [0.25, 0.3) is 0 Å². The number of hydrogen-bond acceptors (Lipinski definition) is 3. The largest absolute Gasteiger partial charge is 0.353 e. The molecule has 1 aliphatic heterocycles. The van der Waals surface area contributed by atoms with E-state index in [0.29, 0.717) is 0 Å². The smallest absolute Gasteiger partial charge is 0.0648 e. The minimum atomic E-state index is 1.12. The van der Waals surface area contributed by atoms with E-state index in [1.165, 1.54) is 30.0 Å². The number of thioether (sulfide) groups is 2. The van der Waals surface area contributed by atoms with E-state index < -0.39 is 0 Å². The van der Waals surface area contributed by atoms with Gasteiger partial charge in [0, 0.05) is 10.2 Å². The Morgan fingerprint density at radius 3 is 2.06 bits per heavy atom. The third-order valence-electron chi connectivity index (χ3n) is 2.51. The Hall–Kier alpha value is 0.200. The number of benzene rings is 1. The highest BCUT2D eigenvalue weighted by molar-refractivity contribution is 9.10. The van der Waals surface area contributed by atoms with E-state index in [0.717, 1.165) is 16.2 Å². The highest BCUT2D eigenvalue weighted by Crippen LogP contribution is 2.24. The highest BCUT2D eigenvalue weighted by atomic mass is 79.9. The molecule has 1 aliphatic rings. The lowest BCUT2D eigenvalue weighted by molar-refractivity contribution is 0.909. The molecular formula is C12H16BrNS2. The van der Waals surface area contributed by atoms with Crippen LogP contribution in [0.1, 0.15) is 12.8 Å². The summed E-state index contributed by atoms with van der Waals surface area (Å²) in [5, 5.41) is 0. The number of anilines is 1. The van der Waals surface area contributed by atoms with Gasteiger partial charge in [-0.2, -0.15) is 0 Å². The molecule has 88 valence electrons. The standard InChI is InChI=1S/C12H16BrNS2/c13-11-3-5-12(6-4-11)14-9-15-7-1-2-8-16-10-14/h3-6H,1-2,7-10H2. The summed E-state index contributed by atoms with van der Waals surface area (Å²) in [5.74, 6) is 4.84. The van der Waals surface area contributed by atoms with Crippen molar-refractivity contribution in [2.45, 2.75) is 12.8 Å². The van der Waals surface area contributed by atoms with Crippen molar-refractivity contribution in [3.63, 3.8) is 0 Å². The molecule has 1 heterocycles. The topological polar surface area (TPSA) is 3.24 Å². The van der Waals surface area contributed by atoms with Gasteiger partial charge in [0.2, 0.25) is 0 Å². The fourth-order valence-corrected chi connectivity index (χ4v) is 3.97. The van der Waals surface area contributed by atoms with Gasteiger partial charge in [-0.05, 0) is 48.6 Å². The van der Waals surface area contributed by atoms with E-state index in [1.54, 1.807) is 0 Å². The monoisotopic (exact) mass is 317 g/mol. The summed E-state index contributed by atoms with van der Waals surface area (Å²) in [6.45, 7) is 0. The molecule has 1 aromatic rings. The van der Waals surface area contributed by atoms with Crippen molar-refractivity contribution in [2.75, 3.05) is 28.2 Å². The summed E-state index contributed by atoms with van der Waals surface area (Å²) in [5.41, 5.74) is 1.34. The van der Waals surface area contributed by atoms with Crippen LogP contribution in [0, 0.1) is 0 Å². The molecule has 1 aromatic carbocycles. The second-order valence-corrected chi connectivity index (χ2v) is 6.86. The molecule has 0 N–H and O–H groups in total. The van der Waals surface area contributed by atoms with Crippen LogP contribution in [0.25, 0.3) is 0 Å². The zero-order chi connectivity index (χ0) is 11.2. The molecule has 1 saturated heterocycles. The van der Waals surface area contributed by atoms with Gasteiger partial charge in [0.05, 0.1) is 11.8 Å². The van der Waals surface area contributed by atoms with E-state index in [2.05, 4.69) is 68.6 Å². The summed E-state index contributed by atoms with van der Waals surface area (Å²) in [7, 11) is 0. The van der Waals surface area contributed by atoms with Crippen LogP contribution in [-0.2, 0) is 0 Å². The van der Waals surface area contributed by atoms with Gasteiger partial charge in [-0.25, -0.2) is 0 Å². The summed E-state index contributed by atoms with van der Waals surface area (Å²) >= 11 is 7.58. The Morgan fingerprint density at radius 2 is 1.50 bits per heavy atom. The molecule has 0 radical (unpaired) electrons. The maximum Gasteiger partial charge on any atom is 0.0648 e. The molecule has 1 fully saturated rings. The summed E-state index contributed by atoms with van der Waals surface area (Å²) in [6, 6.07) is 8.64. The van der Waals surface area contributed by atoms with Crippen LogP contribution in [0.15, 0.2) is 28.7 Å². The first kappa shape index (κ1) is 12.7. The van der Waals surface area contributed by atoms with E-state index in [4.69, 9.17) is 0 Å². The molecule has 2 rings (SSSR count). The Bertz CT molecular complexity index is 305. The van der Waals surface area contributed by atoms with Crippen molar-refractivity contribution >= 4 is 45.1 Å². The molecule has 0 aromatic heterocycles. The Labute approximate surface area is 114 Å². The molecule has 0 aliphatic carbocycles. The summed E-state index contributed by atoms with van der Waals surface area (Å²) < 4.78 is 1.15. The SMILES string of the molecule is Brc1ccc(N2CSCCCCSC2)cc1. The van der Waals surface area contributed by atoms with Gasteiger partial charge >= 0.3 is 0 Å². The lowest BCUT2D eigenvalue weighted by Crippen LogP contribution is -2.21. The first-order chi connectivity index (χ1) is 7.86. The van der Waals surface area contributed by atoms with Crippen LogP contribution < -0.4 is 4.90 Å². The molecule has 0 unspecified atom stereocenters. The second kappa shape index (κ2) is 6.82. The molecule has 0 saturated carbocycles. The number of hydrogen-bond donors (Lipinski definition) is 0. The fourth-order valence-electron chi connectivity index (χ4n) is 1.60. The molecule has 0 spiro atoms. The van der Waals surface area contributed by atoms with Crippen molar-refractivity contribution in [1.82, 2.24) is 0 Å². The Morgan fingerprint density at radius 1 is 0.938 bits per heavy atom. The van der Waals surface area contributed by atoms with E-state index in [9.17, 15) is 0 Å². The van der Waals surface area contributed by atoms with Gasteiger partial charge < -0.3 is 4.90 Å². The van der Waals surface area contributed by atoms with Gasteiger partial charge in [-0.3, -0.25) is 0 Å². The first-order valence-corrected chi connectivity index (χ1v) is 8.62. The lowest BCUT2D eigenvalue weighted by Gasteiger charge is -2.23. The number of nitrogens with zero attached hydrogens (tertiary/aromatic N) is 1. The minimum Gasteiger partial charge on any atom is -0.353 e. The van der Waals surface area contributed by atoms with Crippen molar-refractivity contribution in [3.8, 4) is 0 Å². The minimum absolute atomic E-state index is 1.12. The van der Waals surface area contributed by atoms with Crippen molar-refractivity contribution in [1.29, 1.82) is 0 Å². The van der Waals surface area contributed by atoms with Crippen LogP contribution in [0.2, 0.25) is 0 Å². The first-order valence-electron chi connectivity index (χ1n) is 5.52. The highest BCUT2D eigenvalue weighted by Gasteiger charge is 2.08. The molecule has 4 heteroatoms. The molecule has 0 atom stereocenters. The number of rotatable bonds is 1. The summed E-state index contributed by atoms with van der Waals surface area (Å²) in [6.07, 6.45) is 2.73. The molecule has 0 amide bonds. The quantitative estimate of drug-likeness (QED) is 0.754. The van der Waals surface area contributed by atoms with E-state index in [-0.39, 0.29) is 0 Å². The average molecular weight is 318 g/mol. The lowest BCUT2D eigenvalue weighted by atomic mass is 10.3. The fraction of sp³-hybridized carbons (Fsp3) is 0.500. The van der Waals surface area contributed by atoms with Crippen molar-refractivity contribution in [3.05, 3.63) is 28.7 Å². The molecule has 1 nitrogen and oxygen atoms in total. The van der Waals surface area contributed by atoms with Gasteiger partial charge in [-0.15, -0.1) is 23.5 Å². The normalized spacial score (nSPS) is 18.7. The van der Waals surface area contributed by atoms with Crippen LogP contribution in [-0.4, -0.2) is 23.3 Å². The average Bonchev–Trinajstić information content (AvgIpc) is 2.43. The third-order valence-corrected chi connectivity index (χ3v) is 5.19. The van der Waals surface area contributed by atoms with Crippen molar-refractivity contribution < 1.29 is 0 Å². The van der Waals surface area contributed by atoms with Crippen LogP contribution in [0.5, 0.6) is 0 Å². The van der Waals surface area contributed by atoms with Crippen molar-refractivity contribution in [2.24, 2.45) is 0 Å². The Kier molecular flexibility index (Phi) is 5.39. The molecule has 0 bridgehead atoms. The second-order valence-electron chi connectivity index (χ2n) is 3.80. The maximum absolute atomic E-state index is 3.48. The van der Waals surface area contributed by atoms with E-state index in [1.807, 2.05) is 0 Å². The van der Waals surface area contributed by atoms with Gasteiger partial charge in [0.1, 0.15) is 0 Å². The van der Waals surface area contributed by atoms with Gasteiger partial charge in [0.15, 0.2) is 0 Å².